The predicted molar refractivity (Wildman–Crippen MR) is 77.7 cm³/mol. The zero-order chi connectivity index (χ0) is 13.7. The van der Waals surface area contributed by atoms with Crippen LogP contribution in [0.1, 0.15) is 27.2 Å². The molecule has 1 atom stereocenters. The molecular weight excluding hydrogens is 226 g/mol. The largest absolute Gasteiger partial charge is 0.479 e. The van der Waals surface area contributed by atoms with Crippen molar-refractivity contribution in [1.82, 2.24) is 4.98 Å². The molecule has 0 saturated carbocycles. The van der Waals surface area contributed by atoms with E-state index in [9.17, 15) is 0 Å². The van der Waals surface area contributed by atoms with Crippen molar-refractivity contribution in [1.29, 1.82) is 0 Å². The van der Waals surface area contributed by atoms with Gasteiger partial charge in [0.15, 0.2) is 0 Å². The molecule has 1 unspecified atom stereocenters. The molecule has 0 fully saturated rings. The molecule has 1 rings (SSSR count). The van der Waals surface area contributed by atoms with Crippen molar-refractivity contribution in [2.45, 2.75) is 33.2 Å². The Bertz CT molecular complexity index is 377. The summed E-state index contributed by atoms with van der Waals surface area (Å²) in [5.74, 6) is 1.31. The zero-order valence-corrected chi connectivity index (χ0v) is 12.3. The second-order valence-corrected chi connectivity index (χ2v) is 5.28. The molecule has 0 radical (unpaired) electrons. The molecule has 1 N–H and O–H groups in total. The van der Waals surface area contributed by atoms with Crippen LogP contribution in [0, 0.1) is 5.92 Å². The first-order chi connectivity index (χ1) is 8.45. The number of anilines is 2. The Morgan fingerprint density at radius 1 is 1.33 bits per heavy atom. The summed E-state index contributed by atoms with van der Waals surface area (Å²) >= 11 is 0. The van der Waals surface area contributed by atoms with Crippen molar-refractivity contribution >= 4 is 11.4 Å². The lowest BCUT2D eigenvalue weighted by Gasteiger charge is -2.23. The highest BCUT2D eigenvalue weighted by Crippen LogP contribution is 2.33. The number of pyridine rings is 1. The second kappa shape index (κ2) is 6.47. The highest BCUT2D eigenvalue weighted by atomic mass is 16.5. The molecule has 0 aliphatic rings. The lowest BCUT2D eigenvalue weighted by Crippen LogP contribution is -2.21. The number of ether oxygens (including phenoxy) is 1. The van der Waals surface area contributed by atoms with Gasteiger partial charge in [0.1, 0.15) is 5.69 Å². The minimum absolute atomic E-state index is 0.391. The molecule has 0 saturated heterocycles. The first kappa shape index (κ1) is 14.6. The minimum atomic E-state index is 0.391. The van der Waals surface area contributed by atoms with E-state index < -0.39 is 0 Å². The van der Waals surface area contributed by atoms with E-state index in [0.29, 0.717) is 17.8 Å². The summed E-state index contributed by atoms with van der Waals surface area (Å²) in [6.45, 7) is 6.64. The fraction of sp³-hybridized carbons (Fsp3) is 0.643. The van der Waals surface area contributed by atoms with Crippen LogP contribution in [0.3, 0.4) is 0 Å². The Hall–Kier alpha value is -1.45. The number of nitrogens with zero attached hydrogens (tertiary/aromatic N) is 2. The molecule has 0 aromatic carbocycles. The average molecular weight is 251 g/mol. The number of rotatable bonds is 6. The number of hydrogen-bond donors (Lipinski definition) is 1. The number of methoxy groups -OCH3 is 1. The van der Waals surface area contributed by atoms with E-state index in [1.165, 1.54) is 0 Å². The summed E-state index contributed by atoms with van der Waals surface area (Å²) in [6.07, 6.45) is 2.89. The zero-order valence-electron chi connectivity index (χ0n) is 12.3. The molecule has 0 aliphatic carbocycles. The van der Waals surface area contributed by atoms with Gasteiger partial charge < -0.3 is 15.0 Å². The maximum Gasteiger partial charge on any atom is 0.239 e. The summed E-state index contributed by atoms with van der Waals surface area (Å²) in [7, 11) is 5.69. The summed E-state index contributed by atoms with van der Waals surface area (Å²) in [5.41, 5.74) is 2.07. The van der Waals surface area contributed by atoms with Crippen molar-refractivity contribution < 1.29 is 4.74 Å². The van der Waals surface area contributed by atoms with Crippen LogP contribution < -0.4 is 15.0 Å². The number of nitrogens with one attached hydrogen (secondary N) is 1. The van der Waals surface area contributed by atoms with Crippen LogP contribution >= 0.6 is 0 Å². The van der Waals surface area contributed by atoms with E-state index in [-0.39, 0.29) is 0 Å². The van der Waals surface area contributed by atoms with E-state index in [2.05, 4.69) is 36.0 Å². The Kier molecular flexibility index (Phi) is 5.25. The highest BCUT2D eigenvalue weighted by Gasteiger charge is 2.15. The standard InChI is InChI=1S/C14H25N3O/c1-10(2)9-11(3)16-13-12(17(4)5)7-8-15-14(13)18-6/h7-8,10-11,16H,9H2,1-6H3. The maximum absolute atomic E-state index is 5.34. The van der Waals surface area contributed by atoms with Crippen molar-refractivity contribution in [3.63, 3.8) is 0 Å². The van der Waals surface area contributed by atoms with Gasteiger partial charge in [0, 0.05) is 26.3 Å². The van der Waals surface area contributed by atoms with Crippen LogP contribution in [0.4, 0.5) is 11.4 Å². The van der Waals surface area contributed by atoms with E-state index >= 15 is 0 Å². The fourth-order valence-electron chi connectivity index (χ4n) is 2.11. The Morgan fingerprint density at radius 3 is 2.50 bits per heavy atom. The van der Waals surface area contributed by atoms with Gasteiger partial charge in [0.25, 0.3) is 0 Å². The van der Waals surface area contributed by atoms with E-state index in [4.69, 9.17) is 4.74 Å². The fourth-order valence-corrected chi connectivity index (χ4v) is 2.11. The van der Waals surface area contributed by atoms with E-state index in [1.807, 2.05) is 20.2 Å². The molecule has 0 bridgehead atoms. The summed E-state index contributed by atoms with van der Waals surface area (Å²) in [5, 5.41) is 3.51. The normalized spacial score (nSPS) is 12.4. The first-order valence-electron chi connectivity index (χ1n) is 6.42. The lowest BCUT2D eigenvalue weighted by atomic mass is 10.1. The topological polar surface area (TPSA) is 37.4 Å². The molecule has 0 spiro atoms. The van der Waals surface area contributed by atoms with Gasteiger partial charge in [-0.15, -0.1) is 0 Å². The van der Waals surface area contributed by atoms with Crippen LogP contribution in [0.5, 0.6) is 5.88 Å². The Morgan fingerprint density at radius 2 is 2.00 bits per heavy atom. The van der Waals surface area contributed by atoms with Crippen LogP contribution in [0.15, 0.2) is 12.3 Å². The van der Waals surface area contributed by atoms with Gasteiger partial charge in [-0.05, 0) is 25.3 Å². The molecule has 102 valence electrons. The van der Waals surface area contributed by atoms with Gasteiger partial charge >= 0.3 is 0 Å². The van der Waals surface area contributed by atoms with Crippen molar-refractivity contribution in [2.75, 3.05) is 31.4 Å². The molecule has 1 aromatic heterocycles. The smallest absolute Gasteiger partial charge is 0.239 e. The van der Waals surface area contributed by atoms with Crippen molar-refractivity contribution in [3.8, 4) is 5.88 Å². The highest BCUT2D eigenvalue weighted by molar-refractivity contribution is 5.74. The average Bonchev–Trinajstić information content (AvgIpc) is 2.27. The van der Waals surface area contributed by atoms with Gasteiger partial charge in [-0.3, -0.25) is 0 Å². The SMILES string of the molecule is COc1nccc(N(C)C)c1NC(C)CC(C)C. The lowest BCUT2D eigenvalue weighted by molar-refractivity contribution is 0.399. The Labute approximate surface area is 110 Å². The van der Waals surface area contributed by atoms with Gasteiger partial charge in [-0.1, -0.05) is 13.8 Å². The molecule has 4 heteroatoms. The first-order valence-corrected chi connectivity index (χ1v) is 6.42. The molecule has 4 nitrogen and oxygen atoms in total. The van der Waals surface area contributed by atoms with E-state index in [0.717, 1.165) is 17.8 Å². The van der Waals surface area contributed by atoms with Crippen LogP contribution in [-0.2, 0) is 0 Å². The molecule has 18 heavy (non-hydrogen) atoms. The van der Waals surface area contributed by atoms with Crippen molar-refractivity contribution in [3.05, 3.63) is 12.3 Å². The molecule has 0 aliphatic heterocycles. The monoisotopic (exact) mass is 251 g/mol. The minimum Gasteiger partial charge on any atom is -0.479 e. The van der Waals surface area contributed by atoms with E-state index in [1.54, 1.807) is 13.3 Å². The van der Waals surface area contributed by atoms with Gasteiger partial charge in [0.05, 0.1) is 12.8 Å². The van der Waals surface area contributed by atoms with Crippen LogP contribution in [0.2, 0.25) is 0 Å². The predicted octanol–water partition coefficient (Wildman–Crippen LogP) is 3.00. The molecule has 1 heterocycles. The molecule has 1 aromatic rings. The second-order valence-electron chi connectivity index (χ2n) is 5.28. The third-order valence-corrected chi connectivity index (χ3v) is 2.79. The maximum atomic E-state index is 5.34. The number of aromatic nitrogens is 1. The summed E-state index contributed by atoms with van der Waals surface area (Å²) < 4.78 is 5.34. The number of hydrogen-bond acceptors (Lipinski definition) is 4. The summed E-state index contributed by atoms with van der Waals surface area (Å²) in [4.78, 5) is 6.33. The van der Waals surface area contributed by atoms with Gasteiger partial charge in [-0.2, -0.15) is 0 Å². The van der Waals surface area contributed by atoms with Crippen molar-refractivity contribution in [2.24, 2.45) is 5.92 Å². The Balaban J connectivity index is 2.97. The molecule has 0 amide bonds. The van der Waals surface area contributed by atoms with Gasteiger partial charge in [0.2, 0.25) is 5.88 Å². The molecular formula is C14H25N3O. The third kappa shape index (κ3) is 3.79. The van der Waals surface area contributed by atoms with Crippen LogP contribution in [-0.4, -0.2) is 32.2 Å². The van der Waals surface area contributed by atoms with Crippen LogP contribution in [0.25, 0.3) is 0 Å². The summed E-state index contributed by atoms with van der Waals surface area (Å²) in [6, 6.07) is 2.38. The van der Waals surface area contributed by atoms with Gasteiger partial charge in [-0.25, -0.2) is 4.98 Å². The third-order valence-electron chi connectivity index (χ3n) is 2.79. The quantitative estimate of drug-likeness (QED) is 0.843.